The number of carboxylic acids is 4. The van der Waals surface area contributed by atoms with Crippen LogP contribution in [0.1, 0.15) is 41.4 Å². The summed E-state index contributed by atoms with van der Waals surface area (Å²) in [6.45, 7) is 0. The van der Waals surface area contributed by atoms with E-state index in [1.165, 1.54) is 0 Å². The molecule has 2 rings (SSSR count). The Hall–Kier alpha value is -5.30. The zero-order valence-corrected chi connectivity index (χ0v) is 16.1. The summed E-state index contributed by atoms with van der Waals surface area (Å²) in [6, 6.07) is 0. The van der Waals surface area contributed by atoms with Gasteiger partial charge in [0, 0.05) is 27.2 Å². The highest BCUT2D eigenvalue weighted by atomic mass is 19.3. The smallest absolute Gasteiger partial charge is 0.340 e. The Morgan fingerprint density at radius 2 is 0.583 bits per heavy atom. The van der Waals surface area contributed by atoms with Crippen LogP contribution in [0, 0.1) is 0 Å². The standard InChI is InChI=1S/C16H4F6O14/c17-31-7-1(9(33-19)11(35-21)5(15(27)28)3(7)13(23)24)2-8(32-18)4(14(25)26)6(16(29)30)12(36-22)10(2)34-20/h(H,23,24)(H,25,26)(H,27,28)(H,29,30). The normalized spacial score (nSPS) is 10.3. The van der Waals surface area contributed by atoms with E-state index in [-0.39, 0.29) is 0 Å². The molecule has 20 heteroatoms. The summed E-state index contributed by atoms with van der Waals surface area (Å²) in [5, 5.41) is 37.0. The second-order valence-corrected chi connectivity index (χ2v) is 5.91. The molecule has 0 spiro atoms. The van der Waals surface area contributed by atoms with E-state index in [4.69, 9.17) is 0 Å². The minimum atomic E-state index is -2.53. The van der Waals surface area contributed by atoms with Gasteiger partial charge in [0.25, 0.3) is 0 Å². The first-order valence-corrected chi connectivity index (χ1v) is 8.11. The van der Waals surface area contributed by atoms with Crippen LogP contribution in [0.25, 0.3) is 11.1 Å². The SMILES string of the molecule is O=C(O)c1c(OF)c(OF)c(-c2c(OF)c(OF)c(C(=O)O)c(C(=O)O)c2OF)c(OF)c1C(=O)O. The van der Waals surface area contributed by atoms with Crippen LogP contribution in [0.3, 0.4) is 0 Å². The van der Waals surface area contributed by atoms with E-state index in [2.05, 4.69) is 29.6 Å². The number of hydrogen-bond acceptors (Lipinski definition) is 10. The maximum absolute atomic E-state index is 13.6. The molecular formula is C16H4F6O14. The maximum atomic E-state index is 13.6. The van der Waals surface area contributed by atoms with Gasteiger partial charge in [-0.15, -0.1) is 0 Å². The predicted octanol–water partition coefficient (Wildman–Crippen LogP) is 3.73. The fourth-order valence-corrected chi connectivity index (χ4v) is 3.08. The lowest BCUT2D eigenvalue weighted by Crippen LogP contribution is -2.15. The van der Waals surface area contributed by atoms with E-state index in [0.29, 0.717) is 0 Å². The van der Waals surface area contributed by atoms with Crippen molar-refractivity contribution < 1.29 is 96.4 Å². The molecule has 0 aliphatic rings. The van der Waals surface area contributed by atoms with E-state index in [1.54, 1.807) is 0 Å². The Balaban J connectivity index is 3.50. The molecule has 0 amide bonds. The molecule has 0 saturated heterocycles. The average molecular weight is 534 g/mol. The third-order valence-electron chi connectivity index (χ3n) is 4.30. The Bertz CT molecular complexity index is 1180. The van der Waals surface area contributed by atoms with Crippen LogP contribution >= 0.6 is 0 Å². The van der Waals surface area contributed by atoms with Crippen molar-refractivity contribution in [1.82, 2.24) is 0 Å². The van der Waals surface area contributed by atoms with Gasteiger partial charge in [-0.05, 0) is 0 Å². The third-order valence-corrected chi connectivity index (χ3v) is 4.30. The van der Waals surface area contributed by atoms with Crippen LogP contribution < -0.4 is 29.6 Å². The highest BCUT2D eigenvalue weighted by Crippen LogP contribution is 2.58. The fraction of sp³-hybridized carbons (Fsp3) is 0. The van der Waals surface area contributed by atoms with E-state index < -0.39 is 91.8 Å². The lowest BCUT2D eigenvalue weighted by atomic mass is 9.90. The van der Waals surface area contributed by atoms with Crippen molar-refractivity contribution in [3.8, 4) is 45.6 Å². The fourth-order valence-electron chi connectivity index (χ4n) is 3.08. The molecule has 4 N–H and O–H groups in total. The van der Waals surface area contributed by atoms with Gasteiger partial charge in [0.2, 0.25) is 23.0 Å². The topological polar surface area (TPSA) is 205 Å². The average Bonchev–Trinajstić information content (AvgIpc) is 2.83. The molecular weight excluding hydrogens is 530 g/mol. The van der Waals surface area contributed by atoms with Crippen molar-refractivity contribution in [2.24, 2.45) is 0 Å². The lowest BCUT2D eigenvalue weighted by Gasteiger charge is -2.20. The summed E-state index contributed by atoms with van der Waals surface area (Å²) in [6.07, 6.45) is 0. The van der Waals surface area contributed by atoms with Gasteiger partial charge >= 0.3 is 23.9 Å². The predicted molar refractivity (Wildman–Crippen MR) is 90.1 cm³/mol. The van der Waals surface area contributed by atoms with Gasteiger partial charge in [-0.1, -0.05) is 0 Å². The third kappa shape index (κ3) is 3.95. The van der Waals surface area contributed by atoms with Crippen molar-refractivity contribution in [3.63, 3.8) is 0 Å². The number of benzene rings is 2. The van der Waals surface area contributed by atoms with Gasteiger partial charge in [0.15, 0.2) is 11.5 Å². The summed E-state index contributed by atoms with van der Waals surface area (Å²) >= 11 is 0. The summed E-state index contributed by atoms with van der Waals surface area (Å²) in [5.74, 6) is -22.8. The largest absolute Gasteiger partial charge is 0.478 e. The quantitative estimate of drug-likeness (QED) is 0.303. The van der Waals surface area contributed by atoms with Crippen LogP contribution in [0.5, 0.6) is 34.5 Å². The van der Waals surface area contributed by atoms with Crippen molar-refractivity contribution >= 4 is 23.9 Å². The molecule has 194 valence electrons. The lowest BCUT2D eigenvalue weighted by molar-refractivity contribution is -0.0441. The molecule has 0 unspecified atom stereocenters. The Morgan fingerprint density at radius 3 is 0.750 bits per heavy atom. The molecule has 0 heterocycles. The molecule has 0 saturated carbocycles. The summed E-state index contributed by atoms with van der Waals surface area (Å²) in [5.41, 5.74) is -11.9. The van der Waals surface area contributed by atoms with Gasteiger partial charge in [-0.3, -0.25) is 29.6 Å². The van der Waals surface area contributed by atoms with Crippen LogP contribution in [-0.2, 0) is 0 Å². The first-order chi connectivity index (χ1) is 17.0. The van der Waals surface area contributed by atoms with Crippen molar-refractivity contribution in [2.75, 3.05) is 0 Å². The van der Waals surface area contributed by atoms with Crippen molar-refractivity contribution in [3.05, 3.63) is 22.3 Å². The summed E-state index contributed by atoms with van der Waals surface area (Å²) in [4.78, 5) is 64.8. The molecule has 0 bridgehead atoms. The number of carboxylic acid groups (broad SMARTS) is 4. The minimum Gasteiger partial charge on any atom is -0.478 e. The molecule has 0 aliphatic carbocycles. The number of hydrogen-bond donors (Lipinski definition) is 4. The Morgan fingerprint density at radius 1 is 0.389 bits per heavy atom. The molecule has 0 aliphatic heterocycles. The highest BCUT2D eigenvalue weighted by molar-refractivity contribution is 6.13. The zero-order valence-electron chi connectivity index (χ0n) is 16.1. The first-order valence-electron chi connectivity index (χ1n) is 8.11. The molecule has 0 fully saturated rings. The Kier molecular flexibility index (Phi) is 7.72. The van der Waals surface area contributed by atoms with Crippen LogP contribution in [0.2, 0.25) is 0 Å². The van der Waals surface area contributed by atoms with Crippen molar-refractivity contribution in [2.45, 2.75) is 0 Å². The number of halogens is 6. The zero-order chi connectivity index (χ0) is 27.5. The van der Waals surface area contributed by atoms with E-state index >= 15 is 0 Å². The van der Waals surface area contributed by atoms with Gasteiger partial charge in [-0.2, -0.15) is 0 Å². The molecule has 14 nitrogen and oxygen atoms in total. The van der Waals surface area contributed by atoms with Crippen LogP contribution in [0.15, 0.2) is 0 Å². The van der Waals surface area contributed by atoms with Crippen LogP contribution in [0.4, 0.5) is 27.2 Å². The number of rotatable bonds is 11. The van der Waals surface area contributed by atoms with Crippen molar-refractivity contribution in [1.29, 1.82) is 0 Å². The molecule has 2 aromatic rings. The first kappa shape index (κ1) is 26.9. The monoisotopic (exact) mass is 534 g/mol. The maximum Gasteiger partial charge on any atom is 0.340 e. The van der Waals surface area contributed by atoms with Crippen LogP contribution in [-0.4, -0.2) is 44.3 Å². The van der Waals surface area contributed by atoms with Gasteiger partial charge in [-0.25, -0.2) is 19.2 Å². The second kappa shape index (κ2) is 10.3. The van der Waals surface area contributed by atoms with E-state index in [0.717, 1.165) is 0 Å². The molecule has 0 radical (unpaired) electrons. The van der Waals surface area contributed by atoms with E-state index in [9.17, 15) is 66.8 Å². The van der Waals surface area contributed by atoms with Gasteiger partial charge < -0.3 is 20.4 Å². The molecule has 36 heavy (non-hydrogen) atoms. The number of aromatic carboxylic acids is 4. The second-order valence-electron chi connectivity index (χ2n) is 5.91. The summed E-state index contributed by atoms with van der Waals surface area (Å²) < 4.78 is 80.6. The van der Waals surface area contributed by atoms with Gasteiger partial charge in [0.05, 0.1) is 11.1 Å². The molecule has 0 aromatic heterocycles. The highest BCUT2D eigenvalue weighted by Gasteiger charge is 2.44. The minimum absolute atomic E-state index is 1.94. The van der Waals surface area contributed by atoms with Gasteiger partial charge in [0.1, 0.15) is 22.3 Å². The molecule has 2 aromatic carbocycles. The van der Waals surface area contributed by atoms with E-state index in [1.807, 2.05) is 0 Å². The Labute approximate surface area is 189 Å². The molecule has 0 atom stereocenters. The summed E-state index contributed by atoms with van der Waals surface area (Å²) in [7, 11) is 0. The number of carbonyl (C=O) groups is 4.